The zero-order valence-electron chi connectivity index (χ0n) is 13.9. The van der Waals surface area contributed by atoms with Crippen LogP contribution in [0, 0.1) is 5.41 Å². The molecule has 5 nitrogen and oxygen atoms in total. The molecule has 1 aromatic rings. The molecule has 0 radical (unpaired) electrons. The molecule has 22 heavy (non-hydrogen) atoms. The minimum absolute atomic E-state index is 0.0277. The van der Waals surface area contributed by atoms with Gasteiger partial charge in [0.15, 0.2) is 0 Å². The molecule has 122 valence electrons. The quantitative estimate of drug-likeness (QED) is 0.885. The number of carbonyl (C=O) groups is 1. The van der Waals surface area contributed by atoms with Crippen molar-refractivity contribution >= 4 is 5.91 Å². The summed E-state index contributed by atoms with van der Waals surface area (Å²) in [5.74, 6) is -0.0277. The van der Waals surface area contributed by atoms with Crippen molar-refractivity contribution in [2.45, 2.75) is 52.2 Å². The van der Waals surface area contributed by atoms with Gasteiger partial charge in [0, 0.05) is 38.1 Å². The van der Waals surface area contributed by atoms with Gasteiger partial charge in [-0.25, -0.2) is 0 Å². The number of amides is 1. The van der Waals surface area contributed by atoms with E-state index in [9.17, 15) is 4.79 Å². The number of carbonyl (C=O) groups excluding carboxylic acids is 1. The lowest BCUT2D eigenvalue weighted by Crippen LogP contribution is -2.53. The molecule has 1 aliphatic rings. The molecule has 0 spiro atoms. The third-order valence-electron chi connectivity index (χ3n) is 4.30. The number of nitrogens with one attached hydrogen (secondary N) is 1. The van der Waals surface area contributed by atoms with Crippen LogP contribution in [0.25, 0.3) is 0 Å². The van der Waals surface area contributed by atoms with Gasteiger partial charge in [0.25, 0.3) is 0 Å². The van der Waals surface area contributed by atoms with Crippen LogP contribution in [-0.2, 0) is 11.3 Å². The van der Waals surface area contributed by atoms with Crippen LogP contribution in [0.1, 0.15) is 39.2 Å². The number of pyridine rings is 1. The lowest BCUT2D eigenvalue weighted by molar-refractivity contribution is -0.125. The topological polar surface area (TPSA) is 71.2 Å². The molecular formula is C17H28N4O. The number of hydrogen-bond donors (Lipinski definition) is 2. The Balaban J connectivity index is 1.77. The fourth-order valence-corrected chi connectivity index (χ4v) is 2.67. The Morgan fingerprint density at radius 2 is 1.95 bits per heavy atom. The zero-order valence-corrected chi connectivity index (χ0v) is 13.9. The van der Waals surface area contributed by atoms with Crippen LogP contribution in [0.3, 0.4) is 0 Å². The summed E-state index contributed by atoms with van der Waals surface area (Å²) in [5.41, 5.74) is 7.09. The smallest absolute Gasteiger partial charge is 0.237 e. The van der Waals surface area contributed by atoms with Gasteiger partial charge in [-0.2, -0.15) is 0 Å². The van der Waals surface area contributed by atoms with E-state index >= 15 is 0 Å². The number of nitrogens with zero attached hydrogens (tertiary/aromatic N) is 2. The summed E-state index contributed by atoms with van der Waals surface area (Å²) in [6, 6.07) is 3.89. The molecule has 1 aromatic heterocycles. The molecule has 1 aliphatic heterocycles. The minimum atomic E-state index is -0.456. The van der Waals surface area contributed by atoms with Gasteiger partial charge in [-0.1, -0.05) is 20.8 Å². The molecule has 0 aromatic carbocycles. The van der Waals surface area contributed by atoms with Gasteiger partial charge in [0.2, 0.25) is 5.91 Å². The Labute approximate surface area is 133 Å². The second-order valence-corrected chi connectivity index (χ2v) is 7.26. The van der Waals surface area contributed by atoms with Gasteiger partial charge in [-0.15, -0.1) is 0 Å². The van der Waals surface area contributed by atoms with Crippen LogP contribution in [0.4, 0.5) is 0 Å². The molecule has 5 heteroatoms. The fraction of sp³-hybridized carbons (Fsp3) is 0.647. The van der Waals surface area contributed by atoms with E-state index in [1.807, 2.05) is 33.2 Å². The highest BCUT2D eigenvalue weighted by Crippen LogP contribution is 2.19. The third-order valence-corrected chi connectivity index (χ3v) is 4.30. The van der Waals surface area contributed by atoms with Crippen molar-refractivity contribution in [2.24, 2.45) is 11.1 Å². The van der Waals surface area contributed by atoms with Gasteiger partial charge in [-0.05, 0) is 36.0 Å². The van der Waals surface area contributed by atoms with Crippen LogP contribution in [0.15, 0.2) is 24.5 Å². The van der Waals surface area contributed by atoms with Gasteiger partial charge < -0.3 is 11.1 Å². The molecule has 2 rings (SSSR count). The number of hydrogen-bond acceptors (Lipinski definition) is 4. The average molecular weight is 304 g/mol. The molecule has 0 bridgehead atoms. The molecule has 1 amide bonds. The summed E-state index contributed by atoms with van der Waals surface area (Å²) in [6.07, 6.45) is 5.62. The molecule has 2 heterocycles. The van der Waals surface area contributed by atoms with Crippen molar-refractivity contribution in [2.75, 3.05) is 13.1 Å². The van der Waals surface area contributed by atoms with Crippen molar-refractivity contribution in [3.8, 4) is 0 Å². The maximum Gasteiger partial charge on any atom is 0.237 e. The molecule has 1 atom stereocenters. The van der Waals surface area contributed by atoms with Crippen LogP contribution < -0.4 is 11.1 Å². The number of aromatic nitrogens is 1. The highest BCUT2D eigenvalue weighted by atomic mass is 16.2. The molecule has 3 N–H and O–H groups in total. The second-order valence-electron chi connectivity index (χ2n) is 7.26. The molecule has 0 aliphatic carbocycles. The van der Waals surface area contributed by atoms with Crippen molar-refractivity contribution in [1.82, 2.24) is 15.2 Å². The molecule has 1 saturated heterocycles. The van der Waals surface area contributed by atoms with E-state index in [1.54, 1.807) is 0 Å². The Morgan fingerprint density at radius 1 is 1.36 bits per heavy atom. The Hall–Kier alpha value is -1.46. The Bertz CT molecular complexity index is 475. The first-order valence-electron chi connectivity index (χ1n) is 8.03. The largest absolute Gasteiger partial charge is 0.352 e. The first kappa shape index (κ1) is 16.9. The molecular weight excluding hydrogens is 276 g/mol. The summed E-state index contributed by atoms with van der Waals surface area (Å²) >= 11 is 0. The summed E-state index contributed by atoms with van der Waals surface area (Å²) in [5, 5.41) is 3.11. The summed E-state index contributed by atoms with van der Waals surface area (Å²) in [6.45, 7) is 8.93. The maximum atomic E-state index is 12.2. The van der Waals surface area contributed by atoms with Crippen molar-refractivity contribution < 1.29 is 4.79 Å². The molecule has 0 unspecified atom stereocenters. The lowest BCUT2D eigenvalue weighted by Gasteiger charge is -2.34. The standard InChI is InChI=1S/C17H28N4O/c1-17(2,3)15(18)16(22)20-14-6-10-21(11-7-14)12-13-4-8-19-9-5-13/h4-5,8-9,14-15H,6-7,10-12,18H2,1-3H3,(H,20,22)/t15-/m1/s1. The number of piperidine rings is 1. The molecule has 0 saturated carbocycles. The average Bonchev–Trinajstić information content (AvgIpc) is 2.48. The van der Waals surface area contributed by atoms with Crippen LogP contribution >= 0.6 is 0 Å². The lowest BCUT2D eigenvalue weighted by atomic mass is 9.86. The Kier molecular flexibility index (Phi) is 5.53. The van der Waals surface area contributed by atoms with E-state index in [1.165, 1.54) is 5.56 Å². The normalized spacial score (nSPS) is 18.9. The predicted molar refractivity (Wildman–Crippen MR) is 88.1 cm³/mol. The third kappa shape index (κ3) is 4.78. The van der Waals surface area contributed by atoms with Gasteiger partial charge >= 0.3 is 0 Å². The van der Waals surface area contributed by atoms with E-state index in [2.05, 4.69) is 27.3 Å². The van der Waals surface area contributed by atoms with Gasteiger partial charge in [0.05, 0.1) is 6.04 Å². The summed E-state index contributed by atoms with van der Waals surface area (Å²) in [7, 11) is 0. The summed E-state index contributed by atoms with van der Waals surface area (Å²) < 4.78 is 0. The van der Waals surface area contributed by atoms with E-state index in [0.29, 0.717) is 0 Å². The summed E-state index contributed by atoms with van der Waals surface area (Å²) in [4.78, 5) is 18.6. The first-order valence-corrected chi connectivity index (χ1v) is 8.03. The van der Waals surface area contributed by atoms with Gasteiger partial charge in [-0.3, -0.25) is 14.7 Å². The number of nitrogens with two attached hydrogens (primary N) is 1. The SMILES string of the molecule is CC(C)(C)[C@H](N)C(=O)NC1CCN(Cc2ccncc2)CC1. The van der Waals surface area contributed by atoms with Crippen molar-refractivity contribution in [1.29, 1.82) is 0 Å². The second kappa shape index (κ2) is 7.20. The number of likely N-dealkylation sites (tertiary alicyclic amines) is 1. The van der Waals surface area contributed by atoms with Crippen LogP contribution in [-0.4, -0.2) is 41.0 Å². The highest BCUT2D eigenvalue weighted by molar-refractivity contribution is 5.82. The highest BCUT2D eigenvalue weighted by Gasteiger charge is 2.29. The number of rotatable bonds is 4. The first-order chi connectivity index (χ1) is 10.4. The maximum absolute atomic E-state index is 12.2. The van der Waals surface area contributed by atoms with E-state index < -0.39 is 6.04 Å². The van der Waals surface area contributed by atoms with Crippen LogP contribution in [0.2, 0.25) is 0 Å². The van der Waals surface area contributed by atoms with Crippen molar-refractivity contribution in [3.05, 3.63) is 30.1 Å². The van der Waals surface area contributed by atoms with Gasteiger partial charge in [0.1, 0.15) is 0 Å². The van der Waals surface area contributed by atoms with Crippen LogP contribution in [0.5, 0.6) is 0 Å². The predicted octanol–water partition coefficient (Wildman–Crippen LogP) is 1.54. The van der Waals surface area contributed by atoms with E-state index in [0.717, 1.165) is 32.5 Å². The Morgan fingerprint density at radius 3 is 2.50 bits per heavy atom. The fourth-order valence-electron chi connectivity index (χ4n) is 2.67. The van der Waals surface area contributed by atoms with E-state index in [4.69, 9.17) is 5.73 Å². The monoisotopic (exact) mass is 304 g/mol. The zero-order chi connectivity index (χ0) is 16.2. The van der Waals surface area contributed by atoms with E-state index in [-0.39, 0.29) is 17.4 Å². The minimum Gasteiger partial charge on any atom is -0.352 e. The van der Waals surface area contributed by atoms with Crippen molar-refractivity contribution in [3.63, 3.8) is 0 Å². The molecule has 1 fully saturated rings.